The van der Waals surface area contributed by atoms with E-state index in [9.17, 15) is 14.9 Å². The Morgan fingerprint density at radius 2 is 2.29 bits per heavy atom. The standard InChI is InChI=1S/C11H11N5O4S/c1-20-8-3-2-6(4-7(8)16(18)19)10(17)13-5-9-14-15-11(12)21-9/h2-4H,5H2,1H3,(H2,12,15)(H,13,17). The Kier molecular flexibility index (Phi) is 4.28. The third-order valence-electron chi connectivity index (χ3n) is 2.52. The summed E-state index contributed by atoms with van der Waals surface area (Å²) in [4.78, 5) is 22.2. The van der Waals surface area contributed by atoms with Gasteiger partial charge in [0.15, 0.2) is 5.75 Å². The maximum absolute atomic E-state index is 11.9. The number of hydrogen-bond acceptors (Lipinski definition) is 8. The number of rotatable bonds is 5. The molecule has 0 aliphatic rings. The van der Waals surface area contributed by atoms with Crippen LogP contribution in [0.2, 0.25) is 0 Å². The van der Waals surface area contributed by atoms with Crippen LogP contribution in [0.25, 0.3) is 0 Å². The highest BCUT2D eigenvalue weighted by molar-refractivity contribution is 7.15. The molecule has 9 nitrogen and oxygen atoms in total. The largest absolute Gasteiger partial charge is 0.490 e. The molecule has 0 radical (unpaired) electrons. The van der Waals surface area contributed by atoms with E-state index in [0.29, 0.717) is 10.1 Å². The average molecular weight is 309 g/mol. The van der Waals surface area contributed by atoms with Crippen molar-refractivity contribution in [3.05, 3.63) is 38.9 Å². The number of nitrogens with zero attached hydrogens (tertiary/aromatic N) is 3. The van der Waals surface area contributed by atoms with Gasteiger partial charge in [0, 0.05) is 11.6 Å². The Morgan fingerprint density at radius 1 is 1.52 bits per heavy atom. The molecule has 0 spiro atoms. The molecular formula is C11H11N5O4S. The van der Waals surface area contributed by atoms with Gasteiger partial charge in [0.1, 0.15) is 5.01 Å². The fourth-order valence-electron chi connectivity index (χ4n) is 1.57. The molecule has 0 fully saturated rings. The Morgan fingerprint density at radius 3 is 2.86 bits per heavy atom. The molecule has 3 N–H and O–H groups in total. The molecule has 0 bridgehead atoms. The number of nitrogens with two attached hydrogens (primary N) is 1. The van der Waals surface area contributed by atoms with E-state index in [1.54, 1.807) is 0 Å². The van der Waals surface area contributed by atoms with Crippen molar-refractivity contribution in [2.45, 2.75) is 6.54 Å². The van der Waals surface area contributed by atoms with E-state index in [-0.39, 0.29) is 23.5 Å². The number of nitro benzene ring substituents is 1. The third-order valence-corrected chi connectivity index (χ3v) is 3.27. The Hall–Kier alpha value is -2.75. The van der Waals surface area contributed by atoms with Crippen molar-refractivity contribution in [1.29, 1.82) is 0 Å². The summed E-state index contributed by atoms with van der Waals surface area (Å²) >= 11 is 1.15. The minimum Gasteiger partial charge on any atom is -0.490 e. The summed E-state index contributed by atoms with van der Waals surface area (Å²) in [7, 11) is 1.32. The number of amides is 1. The van der Waals surface area contributed by atoms with Gasteiger partial charge in [0.05, 0.1) is 18.6 Å². The van der Waals surface area contributed by atoms with Crippen LogP contribution < -0.4 is 15.8 Å². The quantitative estimate of drug-likeness (QED) is 0.620. The Balaban J connectivity index is 2.12. The van der Waals surface area contributed by atoms with E-state index in [1.807, 2.05) is 0 Å². The van der Waals surface area contributed by atoms with E-state index < -0.39 is 10.8 Å². The van der Waals surface area contributed by atoms with Crippen molar-refractivity contribution >= 4 is 28.1 Å². The van der Waals surface area contributed by atoms with Crippen LogP contribution in [-0.4, -0.2) is 28.1 Å². The fraction of sp³-hybridized carbons (Fsp3) is 0.182. The first kappa shape index (κ1) is 14.7. The molecular weight excluding hydrogens is 298 g/mol. The SMILES string of the molecule is COc1ccc(C(=O)NCc2nnc(N)s2)cc1[N+](=O)[O-]. The summed E-state index contributed by atoms with van der Waals surface area (Å²) in [5.74, 6) is -0.372. The van der Waals surface area contributed by atoms with Crippen LogP contribution in [0.5, 0.6) is 5.75 Å². The Bertz CT molecular complexity index is 687. The lowest BCUT2D eigenvalue weighted by Gasteiger charge is -2.05. The summed E-state index contributed by atoms with van der Waals surface area (Å²) in [6.45, 7) is 0.146. The molecule has 0 saturated heterocycles. The summed E-state index contributed by atoms with van der Waals surface area (Å²) in [5, 5.41) is 21.7. The number of benzene rings is 1. The van der Waals surface area contributed by atoms with E-state index in [1.165, 1.54) is 19.2 Å². The predicted molar refractivity (Wildman–Crippen MR) is 75.1 cm³/mol. The Labute approximate surface area is 122 Å². The maximum atomic E-state index is 11.9. The molecule has 21 heavy (non-hydrogen) atoms. The molecule has 2 aromatic rings. The second kappa shape index (κ2) is 6.13. The van der Waals surface area contributed by atoms with Crippen molar-refractivity contribution in [2.75, 3.05) is 12.8 Å². The first-order valence-electron chi connectivity index (χ1n) is 5.69. The third kappa shape index (κ3) is 3.42. The molecule has 0 atom stereocenters. The van der Waals surface area contributed by atoms with Crippen LogP contribution in [0, 0.1) is 10.1 Å². The highest BCUT2D eigenvalue weighted by Crippen LogP contribution is 2.27. The first-order valence-corrected chi connectivity index (χ1v) is 6.51. The van der Waals surface area contributed by atoms with E-state index in [4.69, 9.17) is 10.5 Å². The van der Waals surface area contributed by atoms with Gasteiger partial charge in [-0.3, -0.25) is 14.9 Å². The lowest BCUT2D eigenvalue weighted by Crippen LogP contribution is -2.22. The number of hydrogen-bond donors (Lipinski definition) is 2. The number of aromatic nitrogens is 2. The number of ether oxygens (including phenoxy) is 1. The van der Waals surface area contributed by atoms with Crippen molar-refractivity contribution in [1.82, 2.24) is 15.5 Å². The molecule has 110 valence electrons. The summed E-state index contributed by atoms with van der Waals surface area (Å²) < 4.78 is 4.87. The average Bonchev–Trinajstić information content (AvgIpc) is 2.89. The molecule has 1 aromatic carbocycles. The fourth-order valence-corrected chi connectivity index (χ4v) is 2.12. The van der Waals surface area contributed by atoms with Crippen LogP contribution in [0.3, 0.4) is 0 Å². The lowest BCUT2D eigenvalue weighted by atomic mass is 10.1. The first-order chi connectivity index (χ1) is 10.0. The zero-order chi connectivity index (χ0) is 15.4. The molecule has 1 aromatic heterocycles. The second-order valence-corrected chi connectivity index (χ2v) is 4.95. The monoisotopic (exact) mass is 309 g/mol. The van der Waals surface area contributed by atoms with Gasteiger partial charge in [-0.05, 0) is 12.1 Å². The molecule has 0 aliphatic carbocycles. The van der Waals surface area contributed by atoms with Crippen molar-refractivity contribution in [3.8, 4) is 5.75 Å². The van der Waals surface area contributed by atoms with E-state index >= 15 is 0 Å². The second-order valence-electron chi connectivity index (χ2n) is 3.86. The molecule has 0 saturated carbocycles. The van der Waals surface area contributed by atoms with Gasteiger partial charge in [-0.1, -0.05) is 11.3 Å². The van der Waals surface area contributed by atoms with Gasteiger partial charge in [-0.15, -0.1) is 10.2 Å². The summed E-state index contributed by atoms with van der Waals surface area (Å²) in [6.07, 6.45) is 0. The zero-order valence-corrected chi connectivity index (χ0v) is 11.7. The topological polar surface area (TPSA) is 133 Å². The van der Waals surface area contributed by atoms with Crippen LogP contribution in [0.1, 0.15) is 15.4 Å². The molecule has 1 heterocycles. The highest BCUT2D eigenvalue weighted by Gasteiger charge is 2.18. The van der Waals surface area contributed by atoms with Gasteiger partial charge in [-0.25, -0.2) is 0 Å². The number of anilines is 1. The van der Waals surface area contributed by atoms with Crippen LogP contribution in [0.4, 0.5) is 10.8 Å². The van der Waals surface area contributed by atoms with E-state index in [0.717, 1.165) is 17.4 Å². The number of carbonyl (C=O) groups is 1. The predicted octanol–water partition coefficient (Wildman–Crippen LogP) is 0.967. The van der Waals surface area contributed by atoms with Crippen molar-refractivity contribution in [3.63, 3.8) is 0 Å². The van der Waals surface area contributed by atoms with Crippen molar-refractivity contribution in [2.24, 2.45) is 0 Å². The zero-order valence-electron chi connectivity index (χ0n) is 10.9. The van der Waals surface area contributed by atoms with Gasteiger partial charge < -0.3 is 15.8 Å². The van der Waals surface area contributed by atoms with Gasteiger partial charge in [-0.2, -0.15) is 0 Å². The number of nitrogen functional groups attached to an aromatic ring is 1. The van der Waals surface area contributed by atoms with Gasteiger partial charge >= 0.3 is 5.69 Å². The van der Waals surface area contributed by atoms with Crippen LogP contribution in [0.15, 0.2) is 18.2 Å². The minimum absolute atomic E-state index is 0.0912. The van der Waals surface area contributed by atoms with Crippen LogP contribution in [-0.2, 0) is 6.54 Å². The molecule has 2 rings (SSSR count). The normalized spacial score (nSPS) is 10.1. The summed E-state index contributed by atoms with van der Waals surface area (Å²) in [6, 6.07) is 3.97. The molecule has 0 aliphatic heterocycles. The molecule has 10 heteroatoms. The highest BCUT2D eigenvalue weighted by atomic mass is 32.1. The van der Waals surface area contributed by atoms with Gasteiger partial charge in [0.2, 0.25) is 5.13 Å². The van der Waals surface area contributed by atoms with Crippen molar-refractivity contribution < 1.29 is 14.5 Å². The summed E-state index contributed by atoms with van der Waals surface area (Å²) in [5.41, 5.74) is 5.30. The molecule has 1 amide bonds. The number of carbonyl (C=O) groups excluding carboxylic acids is 1. The molecule has 0 unspecified atom stereocenters. The smallest absolute Gasteiger partial charge is 0.311 e. The number of nitrogens with one attached hydrogen (secondary N) is 1. The lowest BCUT2D eigenvalue weighted by molar-refractivity contribution is -0.385. The number of nitro groups is 1. The van der Waals surface area contributed by atoms with E-state index in [2.05, 4.69) is 15.5 Å². The number of methoxy groups -OCH3 is 1. The minimum atomic E-state index is -0.610. The van der Waals surface area contributed by atoms with Gasteiger partial charge in [0.25, 0.3) is 5.91 Å². The maximum Gasteiger partial charge on any atom is 0.311 e. The van der Waals surface area contributed by atoms with Crippen LogP contribution >= 0.6 is 11.3 Å².